The van der Waals surface area contributed by atoms with Gasteiger partial charge >= 0.3 is 0 Å². The van der Waals surface area contributed by atoms with E-state index in [0.717, 1.165) is 46.6 Å². The van der Waals surface area contributed by atoms with Crippen LogP contribution in [-0.4, -0.2) is 21.5 Å². The molecule has 1 N–H and O–H groups in total. The second-order valence-corrected chi connectivity index (χ2v) is 5.45. The highest BCUT2D eigenvalue weighted by Gasteiger charge is 2.11. The summed E-state index contributed by atoms with van der Waals surface area (Å²) < 4.78 is 0. The van der Waals surface area contributed by atoms with Gasteiger partial charge in [-0.2, -0.15) is 0 Å². The summed E-state index contributed by atoms with van der Waals surface area (Å²) in [6.07, 6.45) is 1.64. The van der Waals surface area contributed by atoms with Gasteiger partial charge in [0.2, 0.25) is 0 Å². The molecule has 0 spiro atoms. The second-order valence-electron chi connectivity index (χ2n) is 4.50. The number of hydrogen-bond acceptors (Lipinski definition) is 5. The zero-order chi connectivity index (χ0) is 13.8. The number of rotatable bonds is 5. The molecule has 5 heteroatoms. The number of nitrogens with one attached hydrogen (secondary N) is 1. The van der Waals surface area contributed by atoms with Crippen LogP contribution in [0.15, 0.2) is 5.38 Å². The highest BCUT2D eigenvalue weighted by atomic mass is 32.1. The van der Waals surface area contributed by atoms with Gasteiger partial charge in [0, 0.05) is 28.9 Å². The van der Waals surface area contributed by atoms with E-state index in [1.54, 1.807) is 11.3 Å². The number of aromatic nitrogens is 3. The minimum absolute atomic E-state index is 0.712. The zero-order valence-corrected chi connectivity index (χ0v) is 12.8. The van der Waals surface area contributed by atoms with Gasteiger partial charge in [-0.15, -0.1) is 11.3 Å². The largest absolute Gasteiger partial charge is 0.370 e. The van der Waals surface area contributed by atoms with Crippen molar-refractivity contribution >= 4 is 17.2 Å². The predicted molar refractivity (Wildman–Crippen MR) is 80.0 cm³/mol. The van der Waals surface area contributed by atoms with Crippen LogP contribution in [0.3, 0.4) is 0 Å². The van der Waals surface area contributed by atoms with Crippen molar-refractivity contribution in [1.82, 2.24) is 15.0 Å². The summed E-state index contributed by atoms with van der Waals surface area (Å²) in [7, 11) is 0. The molecule has 0 aliphatic carbocycles. The van der Waals surface area contributed by atoms with Crippen LogP contribution in [0.1, 0.15) is 41.6 Å². The molecule has 0 aliphatic heterocycles. The summed E-state index contributed by atoms with van der Waals surface area (Å²) in [5.74, 6) is 1.81. The van der Waals surface area contributed by atoms with Gasteiger partial charge in [0.05, 0.1) is 6.42 Å². The Bertz CT molecular complexity index is 563. The fraction of sp³-hybridized carbons (Fsp3) is 0.500. The number of hydrogen-bond donors (Lipinski definition) is 1. The van der Waals surface area contributed by atoms with Crippen molar-refractivity contribution in [1.29, 1.82) is 0 Å². The molecular formula is C14H20N4S. The Balaban J connectivity index is 2.31. The highest BCUT2D eigenvalue weighted by Crippen LogP contribution is 2.18. The van der Waals surface area contributed by atoms with Crippen molar-refractivity contribution < 1.29 is 0 Å². The molecule has 2 rings (SSSR count). The lowest BCUT2D eigenvalue weighted by Gasteiger charge is -2.11. The third-order valence-corrected chi connectivity index (χ3v) is 3.91. The Morgan fingerprint density at radius 2 is 1.95 bits per heavy atom. The Kier molecular flexibility index (Phi) is 4.47. The van der Waals surface area contributed by atoms with Gasteiger partial charge in [-0.05, 0) is 27.2 Å². The van der Waals surface area contributed by atoms with Gasteiger partial charge in [0.25, 0.3) is 0 Å². The van der Waals surface area contributed by atoms with Crippen molar-refractivity contribution in [2.75, 3.05) is 11.9 Å². The molecule has 0 amide bonds. The zero-order valence-electron chi connectivity index (χ0n) is 11.9. The summed E-state index contributed by atoms with van der Waals surface area (Å²) in [6.45, 7) is 9.17. The summed E-state index contributed by atoms with van der Waals surface area (Å²) in [5.41, 5.74) is 3.34. The normalized spacial score (nSPS) is 10.7. The van der Waals surface area contributed by atoms with Crippen LogP contribution in [0.25, 0.3) is 0 Å². The van der Waals surface area contributed by atoms with Crippen molar-refractivity contribution in [3.8, 4) is 0 Å². The first-order chi connectivity index (χ1) is 9.13. The van der Waals surface area contributed by atoms with E-state index in [1.165, 1.54) is 0 Å². The fourth-order valence-electron chi connectivity index (χ4n) is 2.00. The average Bonchev–Trinajstić information content (AvgIpc) is 2.79. The maximum Gasteiger partial charge on any atom is 0.137 e. The quantitative estimate of drug-likeness (QED) is 0.911. The van der Waals surface area contributed by atoms with Crippen LogP contribution < -0.4 is 5.32 Å². The van der Waals surface area contributed by atoms with Gasteiger partial charge < -0.3 is 5.32 Å². The topological polar surface area (TPSA) is 50.7 Å². The molecular weight excluding hydrogens is 256 g/mol. The first kappa shape index (κ1) is 13.9. The molecule has 2 heterocycles. The maximum atomic E-state index is 4.65. The molecule has 0 unspecified atom stereocenters. The van der Waals surface area contributed by atoms with Crippen LogP contribution >= 0.6 is 11.3 Å². The first-order valence-electron chi connectivity index (χ1n) is 6.65. The predicted octanol–water partition coefficient (Wildman–Crippen LogP) is 3.13. The van der Waals surface area contributed by atoms with Gasteiger partial charge in [0.15, 0.2) is 0 Å². The van der Waals surface area contributed by atoms with E-state index in [-0.39, 0.29) is 0 Å². The summed E-state index contributed by atoms with van der Waals surface area (Å²) in [6, 6.07) is 0. The van der Waals surface area contributed by atoms with E-state index in [4.69, 9.17) is 0 Å². The SMILES string of the molecule is CCNc1nc(Cc2nc(C)cs2)nc(CC)c1C. The summed E-state index contributed by atoms with van der Waals surface area (Å²) in [5, 5.41) is 6.45. The van der Waals surface area contributed by atoms with E-state index in [2.05, 4.69) is 46.4 Å². The molecule has 0 saturated heterocycles. The van der Waals surface area contributed by atoms with E-state index >= 15 is 0 Å². The Morgan fingerprint density at radius 3 is 2.53 bits per heavy atom. The van der Waals surface area contributed by atoms with Crippen LogP contribution in [0.5, 0.6) is 0 Å². The van der Waals surface area contributed by atoms with Gasteiger partial charge in [-0.25, -0.2) is 15.0 Å². The molecule has 2 aromatic heterocycles. The van der Waals surface area contributed by atoms with Crippen molar-refractivity contribution in [3.05, 3.63) is 33.2 Å². The average molecular weight is 276 g/mol. The fourth-order valence-corrected chi connectivity index (χ4v) is 2.76. The molecule has 4 nitrogen and oxygen atoms in total. The van der Waals surface area contributed by atoms with Crippen molar-refractivity contribution in [2.45, 2.75) is 40.5 Å². The molecule has 0 saturated carbocycles. The van der Waals surface area contributed by atoms with Crippen molar-refractivity contribution in [3.63, 3.8) is 0 Å². The van der Waals surface area contributed by atoms with E-state index in [1.807, 2.05) is 6.92 Å². The van der Waals surface area contributed by atoms with Gasteiger partial charge in [-0.1, -0.05) is 6.92 Å². The van der Waals surface area contributed by atoms with E-state index < -0.39 is 0 Å². The number of aryl methyl sites for hydroxylation is 2. The Morgan fingerprint density at radius 1 is 1.16 bits per heavy atom. The lowest BCUT2D eigenvalue weighted by atomic mass is 10.2. The maximum absolute atomic E-state index is 4.65. The molecule has 0 fully saturated rings. The third-order valence-electron chi connectivity index (χ3n) is 2.95. The van der Waals surface area contributed by atoms with Crippen LogP contribution in [0.2, 0.25) is 0 Å². The monoisotopic (exact) mass is 276 g/mol. The van der Waals surface area contributed by atoms with Crippen molar-refractivity contribution in [2.24, 2.45) is 0 Å². The molecule has 19 heavy (non-hydrogen) atoms. The molecule has 102 valence electrons. The van der Waals surface area contributed by atoms with E-state index in [9.17, 15) is 0 Å². The second kappa shape index (κ2) is 6.10. The van der Waals surface area contributed by atoms with Gasteiger partial charge in [-0.3, -0.25) is 0 Å². The summed E-state index contributed by atoms with van der Waals surface area (Å²) >= 11 is 1.67. The van der Waals surface area contributed by atoms with Crippen LogP contribution in [-0.2, 0) is 12.8 Å². The standard InChI is InChI=1S/C14H20N4S/c1-5-11-10(4)14(15-6-2)18-12(17-11)7-13-16-9(3)8-19-13/h8H,5-7H2,1-4H3,(H,15,17,18). The third kappa shape index (κ3) is 3.29. The van der Waals surface area contributed by atoms with E-state index in [0.29, 0.717) is 6.42 Å². The minimum atomic E-state index is 0.712. The van der Waals surface area contributed by atoms with Crippen LogP contribution in [0, 0.1) is 13.8 Å². The first-order valence-corrected chi connectivity index (χ1v) is 7.53. The summed E-state index contributed by atoms with van der Waals surface area (Å²) in [4.78, 5) is 13.8. The molecule has 2 aromatic rings. The molecule has 0 bridgehead atoms. The molecule has 0 radical (unpaired) electrons. The lowest BCUT2D eigenvalue weighted by molar-refractivity contribution is 0.881. The number of nitrogens with zero attached hydrogens (tertiary/aromatic N) is 3. The molecule has 0 atom stereocenters. The lowest BCUT2D eigenvalue weighted by Crippen LogP contribution is -2.09. The molecule has 0 aliphatic rings. The van der Waals surface area contributed by atoms with Gasteiger partial charge in [0.1, 0.15) is 16.6 Å². The smallest absolute Gasteiger partial charge is 0.137 e. The molecule has 0 aromatic carbocycles. The Labute approximate surface area is 118 Å². The highest BCUT2D eigenvalue weighted by molar-refractivity contribution is 7.09. The minimum Gasteiger partial charge on any atom is -0.370 e. The number of thiazole rings is 1. The van der Waals surface area contributed by atoms with Crippen LogP contribution in [0.4, 0.5) is 5.82 Å². The Hall–Kier alpha value is -1.49. The number of anilines is 1.